The van der Waals surface area contributed by atoms with Gasteiger partial charge in [0.25, 0.3) is 0 Å². The fourth-order valence-corrected chi connectivity index (χ4v) is 2.54. The number of carbonyl (C=O) groups excluding carboxylic acids is 1. The SMILES string of the molecule is CCC(COC)NC1CCN(C(=O)C(C)(C)C)CC1. The maximum atomic E-state index is 12.2. The number of amides is 1. The van der Waals surface area contributed by atoms with Gasteiger partial charge in [0.2, 0.25) is 5.91 Å². The molecule has 1 aliphatic rings. The zero-order chi connectivity index (χ0) is 14.5. The Kier molecular flexibility index (Phi) is 6.27. The summed E-state index contributed by atoms with van der Waals surface area (Å²) in [6.45, 7) is 10.7. The zero-order valence-electron chi connectivity index (χ0n) is 13.2. The Hall–Kier alpha value is -0.610. The largest absolute Gasteiger partial charge is 0.383 e. The maximum absolute atomic E-state index is 12.2. The number of hydrogen-bond donors (Lipinski definition) is 1. The Morgan fingerprint density at radius 1 is 1.37 bits per heavy atom. The van der Waals surface area contributed by atoms with E-state index < -0.39 is 0 Å². The van der Waals surface area contributed by atoms with Gasteiger partial charge < -0.3 is 15.0 Å². The summed E-state index contributed by atoms with van der Waals surface area (Å²) in [6.07, 6.45) is 3.17. The van der Waals surface area contributed by atoms with Crippen molar-refractivity contribution in [2.75, 3.05) is 26.8 Å². The molecule has 1 unspecified atom stereocenters. The second kappa shape index (κ2) is 7.25. The van der Waals surface area contributed by atoms with Crippen LogP contribution in [0.5, 0.6) is 0 Å². The summed E-state index contributed by atoms with van der Waals surface area (Å²) in [6, 6.07) is 0.948. The van der Waals surface area contributed by atoms with Gasteiger partial charge in [-0.1, -0.05) is 27.7 Å². The molecule has 0 spiro atoms. The molecule has 1 rings (SSSR count). The van der Waals surface area contributed by atoms with Crippen molar-refractivity contribution < 1.29 is 9.53 Å². The minimum absolute atomic E-state index is 0.262. The number of methoxy groups -OCH3 is 1. The van der Waals surface area contributed by atoms with E-state index in [2.05, 4.69) is 12.2 Å². The van der Waals surface area contributed by atoms with Crippen LogP contribution in [0.2, 0.25) is 0 Å². The van der Waals surface area contributed by atoms with Gasteiger partial charge in [-0.25, -0.2) is 0 Å². The lowest BCUT2D eigenvalue weighted by molar-refractivity contribution is -0.140. The molecule has 1 atom stereocenters. The highest BCUT2D eigenvalue weighted by atomic mass is 16.5. The Morgan fingerprint density at radius 2 is 1.95 bits per heavy atom. The highest BCUT2D eigenvalue weighted by molar-refractivity contribution is 5.81. The van der Waals surface area contributed by atoms with Gasteiger partial charge in [0.05, 0.1) is 6.61 Å². The van der Waals surface area contributed by atoms with E-state index in [-0.39, 0.29) is 11.3 Å². The molecule has 0 aliphatic carbocycles. The molecule has 112 valence electrons. The summed E-state index contributed by atoms with van der Waals surface area (Å²) >= 11 is 0. The van der Waals surface area contributed by atoms with Gasteiger partial charge in [-0.2, -0.15) is 0 Å². The van der Waals surface area contributed by atoms with Crippen molar-refractivity contribution in [3.05, 3.63) is 0 Å². The zero-order valence-corrected chi connectivity index (χ0v) is 13.2. The van der Waals surface area contributed by atoms with E-state index >= 15 is 0 Å². The minimum atomic E-state index is -0.262. The number of rotatable bonds is 5. The van der Waals surface area contributed by atoms with Crippen LogP contribution in [0.25, 0.3) is 0 Å². The molecular formula is C15H30N2O2. The van der Waals surface area contributed by atoms with Gasteiger partial charge in [0, 0.05) is 37.7 Å². The van der Waals surface area contributed by atoms with Crippen LogP contribution >= 0.6 is 0 Å². The molecule has 1 N–H and O–H groups in total. The number of piperidine rings is 1. The second-order valence-corrected chi connectivity index (χ2v) is 6.54. The van der Waals surface area contributed by atoms with E-state index in [0.717, 1.165) is 39.0 Å². The van der Waals surface area contributed by atoms with Crippen molar-refractivity contribution in [2.24, 2.45) is 5.41 Å². The third-order valence-corrected chi connectivity index (χ3v) is 3.76. The van der Waals surface area contributed by atoms with Gasteiger partial charge in [-0.05, 0) is 19.3 Å². The topological polar surface area (TPSA) is 41.6 Å². The Morgan fingerprint density at radius 3 is 2.37 bits per heavy atom. The van der Waals surface area contributed by atoms with E-state index in [9.17, 15) is 4.79 Å². The van der Waals surface area contributed by atoms with Crippen LogP contribution in [0.15, 0.2) is 0 Å². The van der Waals surface area contributed by atoms with Crippen molar-refractivity contribution in [2.45, 2.75) is 59.0 Å². The molecule has 4 nitrogen and oxygen atoms in total. The van der Waals surface area contributed by atoms with Crippen LogP contribution in [-0.2, 0) is 9.53 Å². The predicted molar refractivity (Wildman–Crippen MR) is 78.1 cm³/mol. The third-order valence-electron chi connectivity index (χ3n) is 3.76. The number of hydrogen-bond acceptors (Lipinski definition) is 3. The highest BCUT2D eigenvalue weighted by Crippen LogP contribution is 2.21. The smallest absolute Gasteiger partial charge is 0.227 e. The molecule has 4 heteroatoms. The van der Waals surface area contributed by atoms with Gasteiger partial charge in [-0.15, -0.1) is 0 Å². The molecule has 0 saturated carbocycles. The van der Waals surface area contributed by atoms with E-state index in [4.69, 9.17) is 4.74 Å². The van der Waals surface area contributed by atoms with Crippen molar-refractivity contribution in [1.29, 1.82) is 0 Å². The highest BCUT2D eigenvalue weighted by Gasteiger charge is 2.30. The Bertz CT molecular complexity index is 278. The Balaban J connectivity index is 2.38. The summed E-state index contributed by atoms with van der Waals surface area (Å²) < 4.78 is 5.21. The van der Waals surface area contributed by atoms with Crippen LogP contribution in [0.4, 0.5) is 0 Å². The molecule has 1 saturated heterocycles. The molecule has 0 radical (unpaired) electrons. The van der Waals surface area contributed by atoms with Crippen molar-refractivity contribution in [3.8, 4) is 0 Å². The van der Waals surface area contributed by atoms with Gasteiger partial charge in [0.15, 0.2) is 0 Å². The van der Waals surface area contributed by atoms with E-state index in [1.807, 2.05) is 25.7 Å². The molecule has 0 bridgehead atoms. The number of carbonyl (C=O) groups is 1. The summed E-state index contributed by atoms with van der Waals surface area (Å²) in [5.74, 6) is 0.273. The van der Waals surface area contributed by atoms with Crippen LogP contribution in [-0.4, -0.2) is 49.7 Å². The Labute approximate surface area is 117 Å². The fraction of sp³-hybridized carbons (Fsp3) is 0.933. The lowest BCUT2D eigenvalue weighted by atomic mass is 9.93. The van der Waals surface area contributed by atoms with Crippen LogP contribution in [0.1, 0.15) is 47.0 Å². The lowest BCUT2D eigenvalue weighted by Gasteiger charge is -2.37. The standard InChI is InChI=1S/C15H30N2O2/c1-6-12(11-19-5)16-13-7-9-17(10-8-13)14(18)15(2,3)4/h12-13,16H,6-11H2,1-5H3. The van der Waals surface area contributed by atoms with Gasteiger partial charge >= 0.3 is 0 Å². The van der Waals surface area contributed by atoms with Crippen LogP contribution in [0, 0.1) is 5.41 Å². The summed E-state index contributed by atoms with van der Waals surface area (Å²) in [4.78, 5) is 14.2. The number of nitrogens with one attached hydrogen (secondary N) is 1. The third kappa shape index (κ3) is 5.11. The first-order chi connectivity index (χ1) is 8.88. The summed E-state index contributed by atoms with van der Waals surface area (Å²) in [7, 11) is 1.74. The molecule has 1 aliphatic heterocycles. The lowest BCUT2D eigenvalue weighted by Crippen LogP contribution is -2.50. The number of ether oxygens (including phenoxy) is 1. The summed E-state index contributed by atoms with van der Waals surface area (Å²) in [5, 5.41) is 3.64. The molecule has 19 heavy (non-hydrogen) atoms. The fourth-order valence-electron chi connectivity index (χ4n) is 2.54. The monoisotopic (exact) mass is 270 g/mol. The first kappa shape index (κ1) is 16.4. The van der Waals surface area contributed by atoms with Gasteiger partial charge in [-0.3, -0.25) is 4.79 Å². The van der Waals surface area contributed by atoms with E-state index in [1.165, 1.54) is 0 Å². The predicted octanol–water partition coefficient (Wildman–Crippen LogP) is 2.04. The van der Waals surface area contributed by atoms with Crippen molar-refractivity contribution in [1.82, 2.24) is 10.2 Å². The quantitative estimate of drug-likeness (QED) is 0.831. The van der Waals surface area contributed by atoms with Crippen molar-refractivity contribution in [3.63, 3.8) is 0 Å². The van der Waals surface area contributed by atoms with Crippen molar-refractivity contribution >= 4 is 5.91 Å². The normalized spacial score (nSPS) is 19.5. The maximum Gasteiger partial charge on any atom is 0.227 e. The average Bonchev–Trinajstić information content (AvgIpc) is 2.37. The van der Waals surface area contributed by atoms with E-state index in [0.29, 0.717) is 12.1 Å². The second-order valence-electron chi connectivity index (χ2n) is 6.54. The molecule has 0 aromatic carbocycles. The van der Waals surface area contributed by atoms with E-state index in [1.54, 1.807) is 7.11 Å². The van der Waals surface area contributed by atoms with Crippen LogP contribution < -0.4 is 5.32 Å². The minimum Gasteiger partial charge on any atom is -0.383 e. The molecule has 0 aromatic rings. The first-order valence-electron chi connectivity index (χ1n) is 7.42. The average molecular weight is 270 g/mol. The molecular weight excluding hydrogens is 240 g/mol. The molecule has 1 fully saturated rings. The first-order valence-corrected chi connectivity index (χ1v) is 7.42. The van der Waals surface area contributed by atoms with Crippen LogP contribution in [0.3, 0.4) is 0 Å². The molecule has 1 amide bonds. The number of likely N-dealkylation sites (tertiary alicyclic amines) is 1. The summed E-state index contributed by atoms with van der Waals surface area (Å²) in [5.41, 5.74) is -0.262. The molecule has 0 aromatic heterocycles. The number of nitrogens with zero attached hydrogens (tertiary/aromatic N) is 1. The molecule has 1 heterocycles. The van der Waals surface area contributed by atoms with Gasteiger partial charge in [0.1, 0.15) is 0 Å².